The van der Waals surface area contributed by atoms with Crippen LogP contribution in [0.5, 0.6) is 0 Å². The topological polar surface area (TPSA) is 9.23 Å². The molecule has 0 heterocycles. The normalized spacial score (nSPS) is 19.6. The summed E-state index contributed by atoms with van der Waals surface area (Å²) in [4.78, 5) is 0. The van der Waals surface area contributed by atoms with Crippen molar-refractivity contribution in [2.75, 3.05) is 0 Å². The van der Waals surface area contributed by atoms with E-state index in [1.54, 1.807) is 0 Å². The van der Waals surface area contributed by atoms with E-state index in [0.717, 1.165) is 12.2 Å². The van der Waals surface area contributed by atoms with Gasteiger partial charge < -0.3 is 4.43 Å². The maximum atomic E-state index is 6.41. The van der Waals surface area contributed by atoms with Gasteiger partial charge in [0.25, 0.3) is 0 Å². The van der Waals surface area contributed by atoms with Gasteiger partial charge >= 0.3 is 0 Å². The first-order valence-electron chi connectivity index (χ1n) is 7.42. The molecule has 0 aromatic heterocycles. The second-order valence-electron chi connectivity index (χ2n) is 7.09. The molecule has 0 N–H and O–H groups in total. The molecule has 0 bridgehead atoms. The van der Waals surface area contributed by atoms with E-state index in [4.69, 9.17) is 4.43 Å². The molecule has 1 atom stereocenters. The van der Waals surface area contributed by atoms with Crippen LogP contribution in [0.25, 0.3) is 0 Å². The first kappa shape index (κ1) is 15.1. The number of hydrogen-bond acceptors (Lipinski definition) is 1. The van der Waals surface area contributed by atoms with Gasteiger partial charge in [0, 0.05) is 5.92 Å². The molecule has 1 aliphatic rings. The average Bonchev–Trinajstić information content (AvgIpc) is 2.38. The van der Waals surface area contributed by atoms with Gasteiger partial charge in [-0.3, -0.25) is 0 Å². The van der Waals surface area contributed by atoms with E-state index in [2.05, 4.69) is 82.4 Å². The summed E-state index contributed by atoms with van der Waals surface area (Å²) in [6.45, 7) is 11.4. The minimum absolute atomic E-state index is 0.237. The van der Waals surface area contributed by atoms with E-state index in [9.17, 15) is 0 Å². The minimum Gasteiger partial charge on any atom is -0.544 e. The number of rotatable bonds is 3. The molecule has 0 radical (unpaired) electrons. The van der Waals surface area contributed by atoms with Crippen LogP contribution in [0, 0.1) is 0 Å². The van der Waals surface area contributed by atoms with Gasteiger partial charge in [0.2, 0.25) is 8.32 Å². The summed E-state index contributed by atoms with van der Waals surface area (Å²) < 4.78 is 6.41. The summed E-state index contributed by atoms with van der Waals surface area (Å²) >= 11 is 0. The maximum absolute atomic E-state index is 6.41. The summed E-state index contributed by atoms with van der Waals surface area (Å²) in [7, 11) is -1.74. The van der Waals surface area contributed by atoms with Gasteiger partial charge in [-0.25, -0.2) is 0 Å². The van der Waals surface area contributed by atoms with Crippen molar-refractivity contribution in [1.29, 1.82) is 0 Å². The molecule has 0 fully saturated rings. The van der Waals surface area contributed by atoms with Crippen LogP contribution in [0.3, 0.4) is 0 Å². The zero-order valence-corrected chi connectivity index (χ0v) is 14.3. The molecule has 1 aromatic carbocycles. The van der Waals surface area contributed by atoms with Crippen LogP contribution in [-0.2, 0) is 4.43 Å². The Morgan fingerprint density at radius 3 is 2.35 bits per heavy atom. The molecule has 20 heavy (non-hydrogen) atoms. The summed E-state index contributed by atoms with van der Waals surface area (Å²) in [5.41, 5.74) is 1.37. The third-order valence-electron chi connectivity index (χ3n) is 4.44. The molecular formula is C18H26OSi. The molecule has 2 rings (SSSR count). The third kappa shape index (κ3) is 3.43. The highest BCUT2D eigenvalue weighted by Gasteiger charge is 2.39. The Morgan fingerprint density at radius 1 is 1.10 bits per heavy atom. The fourth-order valence-corrected chi connectivity index (χ4v) is 3.13. The molecule has 1 aromatic rings. The molecule has 0 saturated carbocycles. The highest BCUT2D eigenvalue weighted by atomic mass is 28.4. The molecule has 0 spiro atoms. The molecular weight excluding hydrogens is 260 g/mol. The van der Waals surface area contributed by atoms with Gasteiger partial charge in [0.15, 0.2) is 0 Å². The van der Waals surface area contributed by atoms with Crippen LogP contribution in [0.1, 0.15) is 38.7 Å². The van der Waals surface area contributed by atoms with Crippen LogP contribution < -0.4 is 0 Å². The van der Waals surface area contributed by atoms with Crippen LogP contribution in [0.2, 0.25) is 18.1 Å². The largest absolute Gasteiger partial charge is 0.544 e. The third-order valence-corrected chi connectivity index (χ3v) is 8.80. The van der Waals surface area contributed by atoms with Gasteiger partial charge in [-0.2, -0.15) is 0 Å². The van der Waals surface area contributed by atoms with E-state index >= 15 is 0 Å². The van der Waals surface area contributed by atoms with E-state index < -0.39 is 8.32 Å². The Kier molecular flexibility index (Phi) is 4.24. The summed E-state index contributed by atoms with van der Waals surface area (Å²) in [5.74, 6) is 1.50. The van der Waals surface area contributed by atoms with Crippen molar-refractivity contribution in [3.05, 3.63) is 59.9 Å². The fraction of sp³-hybridized carbons (Fsp3) is 0.444. The van der Waals surface area contributed by atoms with Gasteiger partial charge in [0.05, 0.1) is 5.76 Å². The molecule has 0 aliphatic heterocycles. The standard InChI is InChI=1S/C18H26OSi/c1-18(2,3)20(4,5)19-17-13-9-12-16(14-17)15-10-7-6-8-11-15/h6-11,13-14,16H,12H2,1-5H3. The SMILES string of the molecule is CC(C)(C)[Si](C)(C)OC1=CC(c2ccccc2)CC=C1. The van der Waals surface area contributed by atoms with Crippen molar-refractivity contribution in [3.63, 3.8) is 0 Å². The zero-order chi connectivity index (χ0) is 14.8. The molecule has 1 aliphatic carbocycles. The molecule has 0 saturated heterocycles. The first-order chi connectivity index (χ1) is 9.29. The van der Waals surface area contributed by atoms with Crippen molar-refractivity contribution in [2.24, 2.45) is 0 Å². The second-order valence-corrected chi connectivity index (χ2v) is 11.8. The first-order valence-corrected chi connectivity index (χ1v) is 10.3. The Morgan fingerprint density at radius 2 is 1.75 bits per heavy atom. The fourth-order valence-electron chi connectivity index (χ4n) is 2.10. The van der Waals surface area contributed by atoms with Crippen molar-refractivity contribution in [1.82, 2.24) is 0 Å². The molecule has 108 valence electrons. The lowest BCUT2D eigenvalue weighted by Crippen LogP contribution is -2.40. The number of benzene rings is 1. The molecule has 0 amide bonds. The lowest BCUT2D eigenvalue weighted by atomic mass is 9.92. The summed E-state index contributed by atoms with van der Waals surface area (Å²) in [5, 5.41) is 0.237. The predicted octanol–water partition coefficient (Wildman–Crippen LogP) is 5.64. The molecule has 1 unspecified atom stereocenters. The van der Waals surface area contributed by atoms with Crippen molar-refractivity contribution in [2.45, 2.75) is 51.2 Å². The highest BCUT2D eigenvalue weighted by molar-refractivity contribution is 6.74. The van der Waals surface area contributed by atoms with Crippen LogP contribution >= 0.6 is 0 Å². The van der Waals surface area contributed by atoms with Gasteiger partial charge in [0.1, 0.15) is 0 Å². The summed E-state index contributed by atoms with van der Waals surface area (Å²) in [6.07, 6.45) is 7.73. The van der Waals surface area contributed by atoms with Crippen LogP contribution in [0.15, 0.2) is 54.3 Å². The average molecular weight is 286 g/mol. The van der Waals surface area contributed by atoms with Gasteiger partial charge in [-0.15, -0.1) is 0 Å². The second kappa shape index (κ2) is 5.61. The molecule has 1 nitrogen and oxygen atoms in total. The Labute approximate surface area is 124 Å². The van der Waals surface area contributed by atoms with Crippen LogP contribution in [0.4, 0.5) is 0 Å². The van der Waals surface area contributed by atoms with E-state index in [-0.39, 0.29) is 5.04 Å². The van der Waals surface area contributed by atoms with Crippen LogP contribution in [-0.4, -0.2) is 8.32 Å². The predicted molar refractivity (Wildman–Crippen MR) is 89.3 cm³/mol. The Bertz CT molecular complexity index is 506. The zero-order valence-electron chi connectivity index (χ0n) is 13.3. The van der Waals surface area contributed by atoms with E-state index in [1.165, 1.54) is 5.56 Å². The number of hydrogen-bond donors (Lipinski definition) is 0. The van der Waals surface area contributed by atoms with E-state index in [0.29, 0.717) is 5.92 Å². The Balaban J connectivity index is 2.17. The number of allylic oxidation sites excluding steroid dienone is 3. The lowest BCUT2D eigenvalue weighted by molar-refractivity contribution is 0.394. The monoisotopic (exact) mass is 286 g/mol. The van der Waals surface area contributed by atoms with Gasteiger partial charge in [-0.05, 0) is 42.3 Å². The quantitative estimate of drug-likeness (QED) is 0.654. The van der Waals surface area contributed by atoms with Gasteiger partial charge in [-0.1, -0.05) is 57.2 Å². The van der Waals surface area contributed by atoms with E-state index in [1.807, 2.05) is 0 Å². The minimum atomic E-state index is -1.74. The van der Waals surface area contributed by atoms with Crippen molar-refractivity contribution < 1.29 is 4.43 Å². The smallest absolute Gasteiger partial charge is 0.250 e. The highest BCUT2D eigenvalue weighted by Crippen LogP contribution is 2.39. The van der Waals surface area contributed by atoms with Crippen molar-refractivity contribution >= 4 is 8.32 Å². The summed E-state index contributed by atoms with van der Waals surface area (Å²) in [6, 6.07) is 10.7. The lowest BCUT2D eigenvalue weighted by Gasteiger charge is -2.37. The maximum Gasteiger partial charge on any atom is 0.250 e. The van der Waals surface area contributed by atoms with Crippen molar-refractivity contribution in [3.8, 4) is 0 Å². The molecule has 2 heteroatoms. The Hall–Kier alpha value is -1.28.